The Labute approximate surface area is 131 Å². The standard InChI is InChI=1S/C19H20OS/c1-15-10-16(2)12-17(11-15)13-21-14-19-7-4-3-6-18(19)8-5-9-20/h3-4,6-7,10-12,20H,9,13-14H2,1-2H3. The molecule has 2 heteroatoms. The Balaban J connectivity index is 2.00. The smallest absolute Gasteiger partial charge is 0.104 e. The molecule has 0 fully saturated rings. The number of benzene rings is 2. The van der Waals surface area contributed by atoms with Gasteiger partial charge < -0.3 is 5.11 Å². The summed E-state index contributed by atoms with van der Waals surface area (Å²) in [5.41, 5.74) is 6.25. The molecule has 2 aromatic carbocycles. The van der Waals surface area contributed by atoms with Crippen LogP contribution in [0.3, 0.4) is 0 Å². The number of rotatable bonds is 4. The molecule has 0 saturated heterocycles. The topological polar surface area (TPSA) is 20.2 Å². The molecule has 1 N–H and O–H groups in total. The van der Waals surface area contributed by atoms with Crippen molar-refractivity contribution < 1.29 is 5.11 Å². The van der Waals surface area contributed by atoms with Crippen molar-refractivity contribution in [2.45, 2.75) is 25.4 Å². The van der Waals surface area contributed by atoms with Gasteiger partial charge in [-0.1, -0.05) is 59.4 Å². The molecule has 0 heterocycles. The highest BCUT2D eigenvalue weighted by atomic mass is 32.2. The minimum Gasteiger partial charge on any atom is -0.384 e. The summed E-state index contributed by atoms with van der Waals surface area (Å²) in [4.78, 5) is 0. The lowest BCUT2D eigenvalue weighted by molar-refractivity contribution is 0.350. The second-order valence-corrected chi connectivity index (χ2v) is 6.09. The van der Waals surface area contributed by atoms with Gasteiger partial charge in [0.1, 0.15) is 6.61 Å². The van der Waals surface area contributed by atoms with Gasteiger partial charge in [-0.25, -0.2) is 0 Å². The third kappa shape index (κ3) is 4.97. The Morgan fingerprint density at radius 1 is 1.00 bits per heavy atom. The zero-order chi connectivity index (χ0) is 15.1. The first-order valence-electron chi connectivity index (χ1n) is 7.01. The molecule has 0 aliphatic rings. The van der Waals surface area contributed by atoms with E-state index in [4.69, 9.17) is 5.11 Å². The highest BCUT2D eigenvalue weighted by Crippen LogP contribution is 2.21. The van der Waals surface area contributed by atoms with Gasteiger partial charge in [-0.15, -0.1) is 0 Å². The van der Waals surface area contributed by atoms with Gasteiger partial charge >= 0.3 is 0 Å². The average Bonchev–Trinajstić information content (AvgIpc) is 2.45. The second kappa shape index (κ2) is 7.93. The van der Waals surface area contributed by atoms with Gasteiger partial charge in [0.25, 0.3) is 0 Å². The molecule has 0 aliphatic heterocycles. The van der Waals surface area contributed by atoms with Gasteiger partial charge in [-0.3, -0.25) is 0 Å². The van der Waals surface area contributed by atoms with Crippen LogP contribution < -0.4 is 0 Å². The Bertz CT molecular complexity index is 645. The summed E-state index contributed by atoms with van der Waals surface area (Å²) in [7, 11) is 0. The van der Waals surface area contributed by atoms with Gasteiger partial charge in [0.15, 0.2) is 0 Å². The SMILES string of the molecule is Cc1cc(C)cc(CSCc2ccccc2C#CCO)c1. The fourth-order valence-electron chi connectivity index (χ4n) is 2.33. The normalized spacial score (nSPS) is 10.0. The predicted molar refractivity (Wildman–Crippen MR) is 91.3 cm³/mol. The lowest BCUT2D eigenvalue weighted by Crippen LogP contribution is -1.90. The molecule has 0 amide bonds. The summed E-state index contributed by atoms with van der Waals surface area (Å²) in [6.07, 6.45) is 0. The number of aliphatic hydroxyl groups excluding tert-OH is 1. The molecule has 0 aromatic heterocycles. The van der Waals surface area contributed by atoms with E-state index in [1.54, 1.807) is 0 Å². The van der Waals surface area contributed by atoms with Crippen LogP contribution in [0.25, 0.3) is 0 Å². The first kappa shape index (κ1) is 15.7. The fourth-order valence-corrected chi connectivity index (χ4v) is 3.31. The maximum atomic E-state index is 8.82. The van der Waals surface area contributed by atoms with E-state index in [0.717, 1.165) is 17.1 Å². The Morgan fingerprint density at radius 3 is 2.43 bits per heavy atom. The molecular weight excluding hydrogens is 276 g/mol. The zero-order valence-corrected chi connectivity index (χ0v) is 13.3. The van der Waals surface area contributed by atoms with E-state index in [0.29, 0.717) is 0 Å². The van der Waals surface area contributed by atoms with Crippen molar-refractivity contribution in [3.05, 3.63) is 70.3 Å². The molecule has 0 aliphatic carbocycles. The largest absolute Gasteiger partial charge is 0.384 e. The molecule has 0 bridgehead atoms. The van der Waals surface area contributed by atoms with Crippen molar-refractivity contribution in [1.82, 2.24) is 0 Å². The zero-order valence-electron chi connectivity index (χ0n) is 12.5. The summed E-state index contributed by atoms with van der Waals surface area (Å²) in [5.74, 6) is 7.68. The molecule has 2 aromatic rings. The van der Waals surface area contributed by atoms with Crippen LogP contribution >= 0.6 is 11.8 Å². The summed E-state index contributed by atoms with van der Waals surface area (Å²) >= 11 is 1.89. The molecule has 0 saturated carbocycles. The quantitative estimate of drug-likeness (QED) is 0.858. The van der Waals surface area contributed by atoms with Crippen LogP contribution in [0.1, 0.15) is 27.8 Å². The van der Waals surface area contributed by atoms with Gasteiger partial charge in [-0.2, -0.15) is 11.8 Å². The van der Waals surface area contributed by atoms with Crippen molar-refractivity contribution >= 4 is 11.8 Å². The van der Waals surface area contributed by atoms with Gasteiger partial charge in [-0.05, 0) is 31.0 Å². The van der Waals surface area contributed by atoms with Crippen LogP contribution in [-0.4, -0.2) is 11.7 Å². The van der Waals surface area contributed by atoms with Crippen molar-refractivity contribution in [1.29, 1.82) is 0 Å². The minimum absolute atomic E-state index is 0.0932. The third-order valence-electron chi connectivity index (χ3n) is 3.13. The maximum Gasteiger partial charge on any atom is 0.104 e. The van der Waals surface area contributed by atoms with Crippen LogP contribution in [0.15, 0.2) is 42.5 Å². The monoisotopic (exact) mass is 296 g/mol. The lowest BCUT2D eigenvalue weighted by Gasteiger charge is -2.07. The second-order valence-electron chi connectivity index (χ2n) is 5.11. The molecule has 2 rings (SSSR count). The van der Waals surface area contributed by atoms with Crippen LogP contribution in [0.2, 0.25) is 0 Å². The van der Waals surface area contributed by atoms with Crippen molar-refractivity contribution in [3.8, 4) is 11.8 Å². The van der Waals surface area contributed by atoms with Crippen LogP contribution in [0.4, 0.5) is 0 Å². The first-order chi connectivity index (χ1) is 10.2. The molecule has 0 atom stereocenters. The van der Waals surface area contributed by atoms with Crippen LogP contribution in [0.5, 0.6) is 0 Å². The average molecular weight is 296 g/mol. The summed E-state index contributed by atoms with van der Waals surface area (Å²) in [6.45, 7) is 4.19. The predicted octanol–water partition coefficient (Wildman–Crippen LogP) is 4.08. The molecule has 0 unspecified atom stereocenters. The van der Waals surface area contributed by atoms with Gasteiger partial charge in [0.2, 0.25) is 0 Å². The van der Waals surface area contributed by atoms with E-state index in [-0.39, 0.29) is 6.61 Å². The molecule has 0 radical (unpaired) electrons. The highest BCUT2D eigenvalue weighted by molar-refractivity contribution is 7.97. The lowest BCUT2D eigenvalue weighted by atomic mass is 10.1. The van der Waals surface area contributed by atoms with Crippen molar-refractivity contribution in [2.75, 3.05) is 6.61 Å². The molecular formula is C19H20OS. The maximum absolute atomic E-state index is 8.82. The van der Waals surface area contributed by atoms with E-state index >= 15 is 0 Å². The van der Waals surface area contributed by atoms with Gasteiger partial charge in [0, 0.05) is 17.1 Å². The summed E-state index contributed by atoms with van der Waals surface area (Å²) in [5, 5.41) is 8.82. The summed E-state index contributed by atoms with van der Waals surface area (Å²) in [6, 6.07) is 14.8. The van der Waals surface area contributed by atoms with E-state index in [1.165, 1.54) is 22.3 Å². The summed E-state index contributed by atoms with van der Waals surface area (Å²) < 4.78 is 0. The number of hydrogen-bond acceptors (Lipinski definition) is 2. The number of hydrogen-bond donors (Lipinski definition) is 1. The van der Waals surface area contributed by atoms with E-state index in [1.807, 2.05) is 30.0 Å². The van der Waals surface area contributed by atoms with Crippen molar-refractivity contribution in [3.63, 3.8) is 0 Å². The molecule has 1 nitrogen and oxygen atoms in total. The number of aliphatic hydroxyl groups is 1. The Kier molecular flexibility index (Phi) is 5.92. The van der Waals surface area contributed by atoms with Crippen molar-refractivity contribution in [2.24, 2.45) is 0 Å². The molecule has 108 valence electrons. The fraction of sp³-hybridized carbons (Fsp3) is 0.263. The number of thioether (sulfide) groups is 1. The molecule has 0 spiro atoms. The van der Waals surface area contributed by atoms with E-state index in [2.05, 4.69) is 50.0 Å². The highest BCUT2D eigenvalue weighted by Gasteiger charge is 2.01. The van der Waals surface area contributed by atoms with E-state index in [9.17, 15) is 0 Å². The number of aryl methyl sites for hydroxylation is 2. The van der Waals surface area contributed by atoms with Crippen LogP contribution in [-0.2, 0) is 11.5 Å². The molecule has 21 heavy (non-hydrogen) atoms. The Morgan fingerprint density at radius 2 is 1.71 bits per heavy atom. The minimum atomic E-state index is -0.0932. The van der Waals surface area contributed by atoms with Gasteiger partial charge in [0.05, 0.1) is 0 Å². The van der Waals surface area contributed by atoms with E-state index < -0.39 is 0 Å². The first-order valence-corrected chi connectivity index (χ1v) is 8.17. The third-order valence-corrected chi connectivity index (χ3v) is 4.18. The Hall–Kier alpha value is -1.69. The van der Waals surface area contributed by atoms with Crippen LogP contribution in [0, 0.1) is 25.7 Å².